The minimum absolute atomic E-state index is 0.0183. The first kappa shape index (κ1) is 38.9. The Labute approximate surface area is 294 Å². The maximum Gasteiger partial charge on any atom is 0.417 e. The standard InChI is InChI=1S/C36H43F4N5O6/c1-8-30(46)42-13-15-44-28-17-24(31(47)45(21(2)3)23-10-9-14-43(20-23)33(49)51-34(4,5)6)25(36(38,39)40)18-29(28)50-35(7,32(44)48)26-16-22(19-41)11-12-27(26)37/h11-12,16-18,21,23H,8-10,13-15,20H2,1-7H3,(H,42,46)/t23-,35?/m1/s1. The van der Waals surface area contributed by atoms with Crippen LogP contribution in [-0.2, 0) is 26.1 Å². The molecule has 11 nitrogen and oxygen atoms in total. The number of anilines is 1. The number of amides is 4. The van der Waals surface area contributed by atoms with Gasteiger partial charge in [0, 0.05) is 44.2 Å². The van der Waals surface area contributed by atoms with E-state index in [-0.39, 0.29) is 48.8 Å². The molecule has 276 valence electrons. The third-order valence-corrected chi connectivity index (χ3v) is 8.71. The number of nitrogens with one attached hydrogen (secondary N) is 1. The molecule has 2 aromatic rings. The highest BCUT2D eigenvalue weighted by molar-refractivity contribution is 6.05. The lowest BCUT2D eigenvalue weighted by Crippen LogP contribution is -2.55. The summed E-state index contributed by atoms with van der Waals surface area (Å²) < 4.78 is 71.3. The predicted molar refractivity (Wildman–Crippen MR) is 178 cm³/mol. The van der Waals surface area contributed by atoms with Crippen LogP contribution in [0.15, 0.2) is 30.3 Å². The molecular weight excluding hydrogens is 674 g/mol. The van der Waals surface area contributed by atoms with Gasteiger partial charge in [0.2, 0.25) is 11.5 Å². The minimum Gasteiger partial charge on any atom is -0.471 e. The average molecular weight is 718 g/mol. The van der Waals surface area contributed by atoms with Crippen molar-refractivity contribution in [2.75, 3.05) is 31.1 Å². The van der Waals surface area contributed by atoms with Crippen LogP contribution < -0.4 is 15.0 Å². The van der Waals surface area contributed by atoms with Gasteiger partial charge in [-0.15, -0.1) is 0 Å². The molecular formula is C36H43F4N5O6. The van der Waals surface area contributed by atoms with Gasteiger partial charge in [-0.05, 0) is 84.7 Å². The quantitative estimate of drug-likeness (QED) is 0.325. The summed E-state index contributed by atoms with van der Waals surface area (Å²) in [6.07, 6.45) is -4.67. The SMILES string of the molecule is CCC(=O)NCCN1C(=O)C(C)(c2cc(C#N)ccc2F)Oc2cc(C(F)(F)F)c(C(=O)N(C(C)C)[C@@H]3CCCN(C(=O)OC(C)(C)C)C3)cc21. The summed E-state index contributed by atoms with van der Waals surface area (Å²) in [6.45, 7) is 11.2. The number of fused-ring (bicyclic) bond motifs is 1. The van der Waals surface area contributed by atoms with Gasteiger partial charge in [-0.3, -0.25) is 14.4 Å². The van der Waals surface area contributed by atoms with Crippen molar-refractivity contribution in [1.29, 1.82) is 5.26 Å². The van der Waals surface area contributed by atoms with E-state index in [4.69, 9.17) is 9.47 Å². The molecule has 2 aliphatic rings. The Morgan fingerprint density at radius 1 is 1.18 bits per heavy atom. The number of carbonyl (C=O) groups is 4. The number of hydrogen-bond donors (Lipinski definition) is 1. The van der Waals surface area contributed by atoms with Gasteiger partial charge in [0.15, 0.2) is 0 Å². The molecule has 2 heterocycles. The zero-order valence-corrected chi connectivity index (χ0v) is 29.7. The van der Waals surface area contributed by atoms with E-state index in [1.54, 1.807) is 41.5 Å². The maximum absolute atomic E-state index is 15.3. The van der Waals surface area contributed by atoms with Crippen LogP contribution in [0.4, 0.5) is 28.0 Å². The fraction of sp³-hybridized carbons (Fsp3) is 0.528. The monoisotopic (exact) mass is 717 g/mol. The van der Waals surface area contributed by atoms with Crippen LogP contribution >= 0.6 is 0 Å². The van der Waals surface area contributed by atoms with E-state index in [0.29, 0.717) is 25.5 Å². The number of likely N-dealkylation sites (tertiary alicyclic amines) is 1. The van der Waals surface area contributed by atoms with Crippen molar-refractivity contribution in [3.8, 4) is 11.8 Å². The average Bonchev–Trinajstić information content (AvgIpc) is 3.04. The molecule has 2 aliphatic heterocycles. The first-order valence-corrected chi connectivity index (χ1v) is 16.8. The van der Waals surface area contributed by atoms with Crippen LogP contribution in [-0.4, -0.2) is 77.5 Å². The minimum atomic E-state index is -5.08. The Morgan fingerprint density at radius 2 is 1.86 bits per heavy atom. The molecule has 2 atom stereocenters. The van der Waals surface area contributed by atoms with Gasteiger partial charge in [-0.25, -0.2) is 9.18 Å². The zero-order valence-electron chi connectivity index (χ0n) is 29.7. The number of alkyl halides is 3. The Kier molecular flexibility index (Phi) is 11.3. The number of benzene rings is 2. The van der Waals surface area contributed by atoms with E-state index in [1.165, 1.54) is 22.8 Å². The Hall–Kier alpha value is -4.87. The van der Waals surface area contributed by atoms with Crippen molar-refractivity contribution in [3.63, 3.8) is 0 Å². The molecule has 1 fully saturated rings. The van der Waals surface area contributed by atoms with Crippen LogP contribution in [0.2, 0.25) is 0 Å². The molecule has 0 aromatic heterocycles. The zero-order chi connectivity index (χ0) is 38.1. The highest BCUT2D eigenvalue weighted by atomic mass is 19.4. The van der Waals surface area contributed by atoms with Gasteiger partial charge in [0.1, 0.15) is 17.2 Å². The molecule has 0 radical (unpaired) electrons. The summed E-state index contributed by atoms with van der Waals surface area (Å²) in [7, 11) is 0. The molecule has 15 heteroatoms. The predicted octanol–water partition coefficient (Wildman–Crippen LogP) is 6.13. The third kappa shape index (κ3) is 8.37. The van der Waals surface area contributed by atoms with Crippen molar-refractivity contribution in [2.45, 2.75) is 97.2 Å². The van der Waals surface area contributed by atoms with Crippen molar-refractivity contribution < 1.29 is 46.2 Å². The van der Waals surface area contributed by atoms with Crippen molar-refractivity contribution in [1.82, 2.24) is 15.1 Å². The number of ether oxygens (including phenoxy) is 2. The second kappa shape index (κ2) is 14.8. The highest BCUT2D eigenvalue weighted by Gasteiger charge is 2.50. The van der Waals surface area contributed by atoms with E-state index in [1.807, 2.05) is 6.07 Å². The fourth-order valence-electron chi connectivity index (χ4n) is 6.32. The van der Waals surface area contributed by atoms with E-state index in [0.717, 1.165) is 23.1 Å². The summed E-state index contributed by atoms with van der Waals surface area (Å²) >= 11 is 0. The summed E-state index contributed by atoms with van der Waals surface area (Å²) in [5.41, 5.74) is -5.72. The Bertz CT molecular complexity index is 1730. The van der Waals surface area contributed by atoms with Crippen molar-refractivity contribution in [3.05, 3.63) is 58.4 Å². The number of carbonyl (C=O) groups excluding carboxylic acids is 4. The summed E-state index contributed by atoms with van der Waals surface area (Å²) in [5.74, 6) is -3.63. The summed E-state index contributed by atoms with van der Waals surface area (Å²) in [4.78, 5) is 57.3. The van der Waals surface area contributed by atoms with E-state index in [9.17, 15) is 37.6 Å². The molecule has 0 spiro atoms. The normalized spacial score (nSPS) is 19.2. The van der Waals surface area contributed by atoms with Crippen LogP contribution in [0.1, 0.15) is 94.8 Å². The van der Waals surface area contributed by atoms with Crippen LogP contribution in [0.25, 0.3) is 0 Å². The van der Waals surface area contributed by atoms with E-state index in [2.05, 4.69) is 5.32 Å². The number of hydrogen-bond acceptors (Lipinski definition) is 7. The number of nitriles is 1. The van der Waals surface area contributed by atoms with Crippen LogP contribution in [0, 0.1) is 17.1 Å². The molecule has 4 amide bonds. The number of halogens is 4. The highest BCUT2D eigenvalue weighted by Crippen LogP contribution is 2.47. The Balaban J connectivity index is 1.85. The van der Waals surface area contributed by atoms with Crippen LogP contribution in [0.3, 0.4) is 0 Å². The lowest BCUT2D eigenvalue weighted by atomic mass is 9.89. The van der Waals surface area contributed by atoms with Gasteiger partial charge in [0.25, 0.3) is 11.8 Å². The van der Waals surface area contributed by atoms with Gasteiger partial charge in [-0.2, -0.15) is 18.4 Å². The first-order valence-electron chi connectivity index (χ1n) is 16.8. The maximum atomic E-state index is 15.3. The van der Waals surface area contributed by atoms with Gasteiger partial charge < -0.3 is 29.5 Å². The molecule has 0 saturated carbocycles. The summed E-state index contributed by atoms with van der Waals surface area (Å²) in [6, 6.07) is 5.36. The molecule has 51 heavy (non-hydrogen) atoms. The van der Waals surface area contributed by atoms with E-state index >= 15 is 4.39 Å². The van der Waals surface area contributed by atoms with Gasteiger partial charge in [-0.1, -0.05) is 6.92 Å². The molecule has 0 bridgehead atoms. The molecule has 1 N–H and O–H groups in total. The molecule has 0 aliphatic carbocycles. The number of piperidine rings is 1. The second-order valence-corrected chi connectivity index (χ2v) is 14.0. The van der Waals surface area contributed by atoms with Crippen molar-refractivity contribution in [2.24, 2.45) is 0 Å². The van der Waals surface area contributed by atoms with Gasteiger partial charge in [0.05, 0.1) is 34.5 Å². The van der Waals surface area contributed by atoms with E-state index < -0.39 is 70.1 Å². The third-order valence-electron chi connectivity index (χ3n) is 8.71. The lowest BCUT2D eigenvalue weighted by Gasteiger charge is -2.43. The topological polar surface area (TPSA) is 132 Å². The first-order chi connectivity index (χ1) is 23.7. The second-order valence-electron chi connectivity index (χ2n) is 14.0. The van der Waals surface area contributed by atoms with Gasteiger partial charge >= 0.3 is 12.3 Å². The molecule has 1 unspecified atom stereocenters. The largest absolute Gasteiger partial charge is 0.471 e. The lowest BCUT2D eigenvalue weighted by molar-refractivity contribution is -0.138. The molecule has 1 saturated heterocycles. The van der Waals surface area contributed by atoms with Crippen LogP contribution in [0.5, 0.6) is 5.75 Å². The molecule has 4 rings (SSSR count). The molecule has 2 aromatic carbocycles. The number of rotatable bonds is 8. The Morgan fingerprint density at radius 3 is 2.45 bits per heavy atom. The number of nitrogens with zero attached hydrogens (tertiary/aromatic N) is 4. The van der Waals surface area contributed by atoms with Crippen molar-refractivity contribution >= 4 is 29.5 Å². The summed E-state index contributed by atoms with van der Waals surface area (Å²) in [5, 5.41) is 12.1. The fourth-order valence-corrected chi connectivity index (χ4v) is 6.32. The smallest absolute Gasteiger partial charge is 0.417 e.